The molecule has 0 radical (unpaired) electrons. The molecule has 0 unspecified atom stereocenters. The van der Waals surface area contributed by atoms with E-state index in [9.17, 15) is 9.59 Å². The number of pyridine rings is 1. The molecule has 0 spiro atoms. The normalized spacial score (nSPS) is 21.6. The Bertz CT molecular complexity index is 510. The van der Waals surface area contributed by atoms with Crippen molar-refractivity contribution in [1.29, 1.82) is 0 Å². The molecule has 0 bridgehead atoms. The largest absolute Gasteiger partial charge is 0.481 e. The van der Waals surface area contributed by atoms with Gasteiger partial charge in [0.05, 0.1) is 13.0 Å². The number of ether oxygens (including phenoxy) is 1. The minimum atomic E-state index is -0.695. The van der Waals surface area contributed by atoms with Crippen molar-refractivity contribution < 1.29 is 19.4 Å². The fraction of sp³-hybridized carbons (Fsp3) is 0.533. The topological polar surface area (TPSA) is 88.5 Å². The molecular formula is C15H20N2O4. The highest BCUT2D eigenvalue weighted by molar-refractivity contribution is 5.94. The lowest BCUT2D eigenvalue weighted by atomic mass is 9.82. The number of aliphatic carboxylic acids is 1. The van der Waals surface area contributed by atoms with Crippen molar-refractivity contribution >= 4 is 17.8 Å². The van der Waals surface area contributed by atoms with Crippen LogP contribution in [0.15, 0.2) is 18.3 Å². The summed E-state index contributed by atoms with van der Waals surface area (Å²) < 4.78 is 4.72. The molecule has 114 valence electrons. The number of methoxy groups -OCH3 is 1. The van der Waals surface area contributed by atoms with Gasteiger partial charge < -0.3 is 15.2 Å². The van der Waals surface area contributed by atoms with Gasteiger partial charge in [-0.25, -0.2) is 9.78 Å². The highest BCUT2D eigenvalue weighted by Gasteiger charge is 2.26. The van der Waals surface area contributed by atoms with Gasteiger partial charge in [0.1, 0.15) is 11.4 Å². The standard InChI is InChI=1S/C15H20N2O4/c1-21-15(20)12-3-2-8-16-13(12)17-9-10-4-6-11(7-5-10)14(18)19/h2-3,8,10-11H,4-7,9H2,1H3,(H,16,17)(H,18,19). The number of esters is 1. The van der Waals surface area contributed by atoms with Crippen LogP contribution < -0.4 is 5.32 Å². The highest BCUT2D eigenvalue weighted by atomic mass is 16.5. The van der Waals surface area contributed by atoms with Gasteiger partial charge in [-0.15, -0.1) is 0 Å². The molecule has 1 aliphatic rings. The van der Waals surface area contributed by atoms with E-state index in [1.807, 2.05) is 0 Å². The van der Waals surface area contributed by atoms with E-state index in [0.717, 1.165) is 12.8 Å². The molecule has 1 aromatic heterocycles. The molecule has 1 aromatic rings. The smallest absolute Gasteiger partial charge is 0.341 e. The maximum Gasteiger partial charge on any atom is 0.341 e. The number of anilines is 1. The van der Waals surface area contributed by atoms with Crippen LogP contribution >= 0.6 is 0 Å². The first-order valence-corrected chi connectivity index (χ1v) is 7.11. The van der Waals surface area contributed by atoms with Crippen LogP contribution in [0.1, 0.15) is 36.0 Å². The molecule has 6 heteroatoms. The number of hydrogen-bond acceptors (Lipinski definition) is 5. The number of hydrogen-bond donors (Lipinski definition) is 2. The number of carboxylic acids is 1. The zero-order chi connectivity index (χ0) is 15.2. The molecule has 1 fully saturated rings. The van der Waals surface area contributed by atoms with Crippen LogP contribution in [0.2, 0.25) is 0 Å². The van der Waals surface area contributed by atoms with Crippen molar-refractivity contribution in [3.8, 4) is 0 Å². The van der Waals surface area contributed by atoms with Crippen molar-refractivity contribution in [2.45, 2.75) is 25.7 Å². The van der Waals surface area contributed by atoms with Gasteiger partial charge in [0.2, 0.25) is 0 Å². The third-order valence-electron chi connectivity index (χ3n) is 3.97. The van der Waals surface area contributed by atoms with E-state index in [4.69, 9.17) is 9.84 Å². The molecule has 2 N–H and O–H groups in total. The lowest BCUT2D eigenvalue weighted by molar-refractivity contribution is -0.143. The molecule has 2 rings (SSSR count). The van der Waals surface area contributed by atoms with Gasteiger partial charge in [0.25, 0.3) is 0 Å². The Kier molecular flexibility index (Phi) is 5.14. The monoisotopic (exact) mass is 292 g/mol. The van der Waals surface area contributed by atoms with Crippen molar-refractivity contribution in [3.63, 3.8) is 0 Å². The van der Waals surface area contributed by atoms with Crippen LogP contribution in [0, 0.1) is 11.8 Å². The Morgan fingerprint density at radius 3 is 2.71 bits per heavy atom. The number of carbonyl (C=O) groups is 2. The predicted molar refractivity (Wildman–Crippen MR) is 77.2 cm³/mol. The molecule has 0 atom stereocenters. The number of carboxylic acid groups (broad SMARTS) is 1. The number of aromatic nitrogens is 1. The second-order valence-electron chi connectivity index (χ2n) is 5.33. The van der Waals surface area contributed by atoms with Gasteiger partial charge in [-0.05, 0) is 43.7 Å². The van der Waals surface area contributed by atoms with E-state index in [2.05, 4.69) is 10.3 Å². The number of carbonyl (C=O) groups excluding carboxylic acids is 1. The first-order valence-electron chi connectivity index (χ1n) is 7.11. The molecule has 1 saturated carbocycles. The summed E-state index contributed by atoms with van der Waals surface area (Å²) in [5, 5.41) is 12.2. The highest BCUT2D eigenvalue weighted by Crippen LogP contribution is 2.29. The van der Waals surface area contributed by atoms with E-state index < -0.39 is 11.9 Å². The quantitative estimate of drug-likeness (QED) is 0.809. The molecule has 21 heavy (non-hydrogen) atoms. The predicted octanol–water partition coefficient (Wildman–Crippen LogP) is 2.17. The Hall–Kier alpha value is -2.11. The fourth-order valence-corrected chi connectivity index (χ4v) is 2.68. The van der Waals surface area contributed by atoms with E-state index >= 15 is 0 Å². The SMILES string of the molecule is COC(=O)c1cccnc1NCC1CCC(C(=O)O)CC1. The summed E-state index contributed by atoms with van der Waals surface area (Å²) in [5.41, 5.74) is 0.416. The van der Waals surface area contributed by atoms with Crippen LogP contribution in [0.4, 0.5) is 5.82 Å². The van der Waals surface area contributed by atoms with Crippen molar-refractivity contribution in [3.05, 3.63) is 23.9 Å². The number of nitrogens with one attached hydrogen (secondary N) is 1. The van der Waals surface area contributed by atoms with Crippen molar-refractivity contribution in [1.82, 2.24) is 4.98 Å². The zero-order valence-corrected chi connectivity index (χ0v) is 12.0. The van der Waals surface area contributed by atoms with Crippen LogP contribution in [-0.4, -0.2) is 35.7 Å². The van der Waals surface area contributed by atoms with E-state index in [1.54, 1.807) is 18.3 Å². The van der Waals surface area contributed by atoms with Crippen molar-refractivity contribution in [2.75, 3.05) is 19.0 Å². The number of rotatable bonds is 5. The van der Waals surface area contributed by atoms with Gasteiger partial charge in [0.15, 0.2) is 0 Å². The average molecular weight is 292 g/mol. The molecule has 0 amide bonds. The molecule has 0 saturated heterocycles. The maximum absolute atomic E-state index is 11.6. The van der Waals surface area contributed by atoms with Crippen LogP contribution in [0.3, 0.4) is 0 Å². The van der Waals surface area contributed by atoms with Gasteiger partial charge in [0, 0.05) is 12.7 Å². The lowest BCUT2D eigenvalue weighted by Gasteiger charge is -2.26. The van der Waals surface area contributed by atoms with E-state index in [-0.39, 0.29) is 5.92 Å². The Labute approximate surface area is 123 Å². The minimum Gasteiger partial charge on any atom is -0.481 e. The maximum atomic E-state index is 11.6. The molecule has 1 aliphatic carbocycles. The molecular weight excluding hydrogens is 272 g/mol. The molecule has 6 nitrogen and oxygen atoms in total. The second-order valence-corrected chi connectivity index (χ2v) is 5.33. The van der Waals surface area contributed by atoms with Crippen LogP contribution in [0.25, 0.3) is 0 Å². The summed E-state index contributed by atoms with van der Waals surface area (Å²) in [6, 6.07) is 3.36. The van der Waals surface area contributed by atoms with Crippen LogP contribution in [0.5, 0.6) is 0 Å². The van der Waals surface area contributed by atoms with Gasteiger partial charge in [-0.2, -0.15) is 0 Å². The third-order valence-corrected chi connectivity index (χ3v) is 3.97. The Morgan fingerprint density at radius 2 is 2.10 bits per heavy atom. The zero-order valence-electron chi connectivity index (χ0n) is 12.0. The summed E-state index contributed by atoms with van der Waals surface area (Å²) in [7, 11) is 1.34. The summed E-state index contributed by atoms with van der Waals surface area (Å²) in [6.07, 6.45) is 4.81. The first kappa shape index (κ1) is 15.3. The van der Waals surface area contributed by atoms with E-state index in [0.29, 0.717) is 36.7 Å². The first-order chi connectivity index (χ1) is 10.1. The third kappa shape index (κ3) is 3.93. The molecule has 0 aromatic carbocycles. The van der Waals surface area contributed by atoms with Crippen molar-refractivity contribution in [2.24, 2.45) is 11.8 Å². The minimum absolute atomic E-state index is 0.207. The Morgan fingerprint density at radius 1 is 1.38 bits per heavy atom. The Balaban J connectivity index is 1.90. The summed E-state index contributed by atoms with van der Waals surface area (Å²) >= 11 is 0. The van der Waals surface area contributed by atoms with Gasteiger partial charge >= 0.3 is 11.9 Å². The summed E-state index contributed by atoms with van der Waals surface area (Å²) in [5.74, 6) is -0.390. The summed E-state index contributed by atoms with van der Waals surface area (Å²) in [4.78, 5) is 26.7. The molecule has 1 heterocycles. The lowest BCUT2D eigenvalue weighted by Crippen LogP contribution is -2.25. The molecule has 0 aliphatic heterocycles. The number of nitrogens with zero attached hydrogens (tertiary/aromatic N) is 1. The second kappa shape index (κ2) is 7.06. The van der Waals surface area contributed by atoms with Gasteiger partial charge in [-0.1, -0.05) is 0 Å². The van der Waals surface area contributed by atoms with Gasteiger partial charge in [-0.3, -0.25) is 4.79 Å². The van der Waals surface area contributed by atoms with E-state index in [1.165, 1.54) is 7.11 Å². The summed E-state index contributed by atoms with van der Waals surface area (Å²) in [6.45, 7) is 0.688. The fourth-order valence-electron chi connectivity index (χ4n) is 2.68. The average Bonchev–Trinajstić information content (AvgIpc) is 2.52. The van der Waals surface area contributed by atoms with Crippen LogP contribution in [-0.2, 0) is 9.53 Å².